The average Bonchev–Trinajstić information content (AvgIpc) is 2.69. The molecule has 0 aromatic heterocycles. The molecule has 0 radical (unpaired) electrons. The van der Waals surface area contributed by atoms with Crippen molar-refractivity contribution in [2.24, 2.45) is 5.73 Å². The van der Waals surface area contributed by atoms with Crippen LogP contribution in [0.25, 0.3) is 0 Å². The second-order valence-corrected chi connectivity index (χ2v) is 4.05. The first kappa shape index (κ1) is 12.8. The van der Waals surface area contributed by atoms with Gasteiger partial charge < -0.3 is 5.73 Å². The standard InChI is InChI=1S/C15H14N2O2/c1-3-10(16)9-11(4-2)17-14(18)12-7-5-6-8-13(12)15(17)19/h3-9H,2,16H2,1H3/b10-3+,11-9+. The fourth-order valence-corrected chi connectivity index (χ4v) is 1.89. The van der Waals surface area contributed by atoms with E-state index in [1.165, 1.54) is 6.08 Å². The van der Waals surface area contributed by atoms with Gasteiger partial charge in [0.2, 0.25) is 0 Å². The average molecular weight is 254 g/mol. The molecule has 1 aliphatic heterocycles. The van der Waals surface area contributed by atoms with Crippen molar-refractivity contribution in [1.29, 1.82) is 0 Å². The summed E-state index contributed by atoms with van der Waals surface area (Å²) in [5.74, 6) is -0.702. The summed E-state index contributed by atoms with van der Waals surface area (Å²) in [5, 5.41) is 0. The smallest absolute Gasteiger partial charge is 0.266 e. The summed E-state index contributed by atoms with van der Waals surface area (Å²) in [7, 11) is 0. The molecule has 1 aromatic carbocycles. The molecule has 0 saturated heterocycles. The van der Waals surface area contributed by atoms with Crippen molar-refractivity contribution in [3.63, 3.8) is 0 Å². The van der Waals surface area contributed by atoms with E-state index in [0.717, 1.165) is 4.90 Å². The van der Waals surface area contributed by atoms with Gasteiger partial charge >= 0.3 is 0 Å². The zero-order chi connectivity index (χ0) is 14.0. The molecule has 0 spiro atoms. The Kier molecular flexibility index (Phi) is 3.33. The molecule has 1 heterocycles. The highest BCUT2D eigenvalue weighted by atomic mass is 16.2. The molecular weight excluding hydrogens is 240 g/mol. The van der Waals surface area contributed by atoms with Crippen molar-refractivity contribution in [3.8, 4) is 0 Å². The molecule has 1 aliphatic rings. The van der Waals surface area contributed by atoms with Crippen molar-refractivity contribution in [1.82, 2.24) is 4.90 Å². The topological polar surface area (TPSA) is 63.4 Å². The van der Waals surface area contributed by atoms with E-state index >= 15 is 0 Å². The molecule has 96 valence electrons. The Labute approximate surface area is 111 Å². The highest BCUT2D eigenvalue weighted by Crippen LogP contribution is 2.26. The lowest BCUT2D eigenvalue weighted by Gasteiger charge is -2.14. The fraction of sp³-hybridized carbons (Fsp3) is 0.0667. The highest BCUT2D eigenvalue weighted by molar-refractivity contribution is 6.22. The molecule has 0 unspecified atom stereocenters. The summed E-state index contributed by atoms with van der Waals surface area (Å²) in [6, 6.07) is 6.72. The van der Waals surface area contributed by atoms with E-state index < -0.39 is 0 Å². The van der Waals surface area contributed by atoms with E-state index in [0.29, 0.717) is 22.5 Å². The van der Waals surface area contributed by atoms with Crippen LogP contribution in [0.15, 0.2) is 60.5 Å². The lowest BCUT2D eigenvalue weighted by Crippen LogP contribution is -2.28. The zero-order valence-corrected chi connectivity index (χ0v) is 10.6. The predicted molar refractivity (Wildman–Crippen MR) is 73.2 cm³/mol. The van der Waals surface area contributed by atoms with Gasteiger partial charge in [0, 0.05) is 5.70 Å². The number of benzene rings is 1. The minimum Gasteiger partial charge on any atom is -0.399 e. The van der Waals surface area contributed by atoms with Crippen LogP contribution in [0.4, 0.5) is 0 Å². The molecular formula is C15H14N2O2. The monoisotopic (exact) mass is 254 g/mol. The molecule has 0 aliphatic carbocycles. The van der Waals surface area contributed by atoms with Crippen LogP contribution in [0.1, 0.15) is 27.6 Å². The number of hydrogen-bond acceptors (Lipinski definition) is 3. The first-order chi connectivity index (χ1) is 9.10. The van der Waals surface area contributed by atoms with Gasteiger partial charge in [0.05, 0.1) is 16.8 Å². The van der Waals surface area contributed by atoms with Crippen LogP contribution in [-0.4, -0.2) is 16.7 Å². The number of carbonyl (C=O) groups excluding carboxylic acids is 2. The van der Waals surface area contributed by atoms with Crippen LogP contribution in [-0.2, 0) is 0 Å². The van der Waals surface area contributed by atoms with Gasteiger partial charge in [-0.3, -0.25) is 9.59 Å². The van der Waals surface area contributed by atoms with Gasteiger partial charge in [0.1, 0.15) is 0 Å². The lowest BCUT2D eigenvalue weighted by molar-refractivity contribution is 0.0709. The number of carbonyl (C=O) groups is 2. The number of rotatable bonds is 3. The van der Waals surface area contributed by atoms with Crippen molar-refractivity contribution in [2.45, 2.75) is 6.92 Å². The van der Waals surface area contributed by atoms with E-state index in [9.17, 15) is 9.59 Å². The molecule has 0 bridgehead atoms. The van der Waals surface area contributed by atoms with Gasteiger partial charge in [-0.1, -0.05) is 24.8 Å². The van der Waals surface area contributed by atoms with E-state index in [2.05, 4.69) is 6.58 Å². The second-order valence-electron chi connectivity index (χ2n) is 4.05. The fourth-order valence-electron chi connectivity index (χ4n) is 1.89. The third-order valence-corrected chi connectivity index (χ3v) is 2.91. The first-order valence-electron chi connectivity index (χ1n) is 5.84. The maximum atomic E-state index is 12.2. The Hall–Kier alpha value is -2.62. The lowest BCUT2D eigenvalue weighted by atomic mass is 10.1. The van der Waals surface area contributed by atoms with Gasteiger partial charge in [0.15, 0.2) is 0 Å². The predicted octanol–water partition coefficient (Wildman–Crippen LogP) is 2.21. The zero-order valence-electron chi connectivity index (χ0n) is 10.6. The Balaban J connectivity index is 2.49. The van der Waals surface area contributed by atoms with Crippen molar-refractivity contribution in [3.05, 3.63) is 71.6 Å². The first-order valence-corrected chi connectivity index (χ1v) is 5.84. The number of hydrogen-bond donors (Lipinski definition) is 1. The van der Waals surface area contributed by atoms with Crippen molar-refractivity contribution in [2.75, 3.05) is 0 Å². The van der Waals surface area contributed by atoms with Crippen molar-refractivity contribution < 1.29 is 9.59 Å². The van der Waals surface area contributed by atoms with E-state index in [-0.39, 0.29) is 11.8 Å². The molecule has 4 nitrogen and oxygen atoms in total. The molecule has 0 saturated carbocycles. The van der Waals surface area contributed by atoms with E-state index in [4.69, 9.17) is 5.73 Å². The highest BCUT2D eigenvalue weighted by Gasteiger charge is 2.36. The van der Waals surface area contributed by atoms with Crippen LogP contribution in [0.3, 0.4) is 0 Å². The van der Waals surface area contributed by atoms with Crippen LogP contribution in [0, 0.1) is 0 Å². The Morgan fingerprint density at radius 1 is 1.21 bits per heavy atom. The van der Waals surface area contributed by atoms with Crippen LogP contribution in [0.5, 0.6) is 0 Å². The minimum atomic E-state index is -0.351. The van der Waals surface area contributed by atoms with Crippen LogP contribution < -0.4 is 5.73 Å². The van der Waals surface area contributed by atoms with Gasteiger partial charge in [-0.05, 0) is 31.2 Å². The molecule has 1 aromatic rings. The minimum absolute atomic E-state index is 0.351. The Morgan fingerprint density at radius 3 is 2.16 bits per heavy atom. The molecule has 0 atom stereocenters. The normalized spacial score (nSPS) is 15.7. The summed E-state index contributed by atoms with van der Waals surface area (Å²) in [5.41, 5.74) is 7.35. The molecule has 19 heavy (non-hydrogen) atoms. The van der Waals surface area contributed by atoms with Crippen molar-refractivity contribution >= 4 is 11.8 Å². The van der Waals surface area contributed by atoms with E-state index in [1.807, 2.05) is 0 Å². The Morgan fingerprint density at radius 2 is 1.74 bits per heavy atom. The number of imide groups is 1. The van der Waals surface area contributed by atoms with Crippen LogP contribution >= 0.6 is 0 Å². The number of fused-ring (bicyclic) bond motifs is 1. The Bertz CT molecular complexity index is 592. The van der Waals surface area contributed by atoms with E-state index in [1.54, 1.807) is 43.3 Å². The maximum absolute atomic E-state index is 12.2. The van der Waals surface area contributed by atoms with Crippen LogP contribution in [0.2, 0.25) is 0 Å². The molecule has 0 fully saturated rings. The number of nitrogens with zero attached hydrogens (tertiary/aromatic N) is 1. The summed E-state index contributed by atoms with van der Waals surface area (Å²) < 4.78 is 0. The summed E-state index contributed by atoms with van der Waals surface area (Å²) in [6.45, 7) is 5.40. The second kappa shape index (κ2) is 4.94. The summed E-state index contributed by atoms with van der Waals surface area (Å²) in [6.07, 6.45) is 4.67. The quantitative estimate of drug-likeness (QED) is 0.664. The number of amides is 2. The molecule has 2 N–H and O–H groups in total. The molecule has 2 amide bonds. The third-order valence-electron chi connectivity index (χ3n) is 2.91. The summed E-state index contributed by atoms with van der Waals surface area (Å²) >= 11 is 0. The molecule has 2 rings (SSSR count). The number of allylic oxidation sites excluding steroid dienone is 3. The van der Waals surface area contributed by atoms with Gasteiger partial charge in [-0.25, -0.2) is 4.90 Å². The maximum Gasteiger partial charge on any atom is 0.266 e. The molecule has 4 heteroatoms. The number of nitrogens with two attached hydrogens (primary N) is 1. The van der Waals surface area contributed by atoms with Gasteiger partial charge in [-0.2, -0.15) is 0 Å². The largest absolute Gasteiger partial charge is 0.399 e. The SMILES string of the molecule is C=C/C(=C\C(N)=C/C)N1C(=O)c2ccccc2C1=O. The third kappa shape index (κ3) is 2.08. The van der Waals surface area contributed by atoms with Gasteiger partial charge in [-0.15, -0.1) is 0 Å². The van der Waals surface area contributed by atoms with Gasteiger partial charge in [0.25, 0.3) is 11.8 Å². The summed E-state index contributed by atoms with van der Waals surface area (Å²) in [4.78, 5) is 25.6.